The Hall–Kier alpha value is -1.45. The highest BCUT2D eigenvalue weighted by atomic mass is 19.1. The number of likely N-dealkylation sites (tertiary alicyclic amines) is 1. The average molecular weight is 253 g/mol. The molecule has 2 nitrogen and oxygen atoms in total. The second-order valence-electron chi connectivity index (χ2n) is 4.68. The number of nitrogens with zero attached hydrogens (tertiary/aromatic N) is 1. The fourth-order valence-corrected chi connectivity index (χ4v) is 2.51. The van der Waals surface area contributed by atoms with E-state index >= 15 is 0 Å². The number of carbonyl (C=O) groups excluding carboxylic acids is 1. The van der Waals surface area contributed by atoms with Gasteiger partial charge in [0.15, 0.2) is 0 Å². The summed E-state index contributed by atoms with van der Waals surface area (Å²) in [6.07, 6.45) is 3.89. The highest BCUT2D eigenvalue weighted by Crippen LogP contribution is 2.22. The fraction of sp³-hybridized carbons (Fsp3) is 0.500. The third-order valence-corrected chi connectivity index (χ3v) is 3.52. The second kappa shape index (κ2) is 5.46. The van der Waals surface area contributed by atoms with Gasteiger partial charge < -0.3 is 4.90 Å². The van der Waals surface area contributed by atoms with E-state index in [9.17, 15) is 13.6 Å². The Morgan fingerprint density at radius 3 is 2.83 bits per heavy atom. The SMILES string of the molecule is CCC1CCCCN1C(=O)c1ccc(F)cc1F. The van der Waals surface area contributed by atoms with Gasteiger partial charge in [-0.3, -0.25) is 4.79 Å². The molecule has 1 saturated heterocycles. The van der Waals surface area contributed by atoms with E-state index in [1.165, 1.54) is 6.07 Å². The van der Waals surface area contributed by atoms with Crippen LogP contribution in [-0.4, -0.2) is 23.4 Å². The van der Waals surface area contributed by atoms with Gasteiger partial charge in [0, 0.05) is 18.7 Å². The number of benzene rings is 1. The first-order valence-corrected chi connectivity index (χ1v) is 6.39. The normalized spacial score (nSPS) is 19.9. The van der Waals surface area contributed by atoms with Crippen LogP contribution >= 0.6 is 0 Å². The summed E-state index contributed by atoms with van der Waals surface area (Å²) >= 11 is 0. The Bertz CT molecular complexity index is 447. The van der Waals surface area contributed by atoms with Crippen LogP contribution < -0.4 is 0 Å². The van der Waals surface area contributed by atoms with Crippen molar-refractivity contribution in [2.75, 3.05) is 6.54 Å². The molecule has 1 aromatic rings. The number of hydrogen-bond acceptors (Lipinski definition) is 1. The molecule has 0 saturated carbocycles. The summed E-state index contributed by atoms with van der Waals surface area (Å²) in [6, 6.07) is 3.30. The molecule has 0 radical (unpaired) electrons. The molecular weight excluding hydrogens is 236 g/mol. The number of piperidine rings is 1. The lowest BCUT2D eigenvalue weighted by Gasteiger charge is -2.35. The van der Waals surface area contributed by atoms with E-state index in [0.717, 1.165) is 37.8 Å². The van der Waals surface area contributed by atoms with Crippen LogP contribution in [0, 0.1) is 11.6 Å². The highest BCUT2D eigenvalue weighted by molar-refractivity contribution is 5.94. The van der Waals surface area contributed by atoms with Gasteiger partial charge in [-0.1, -0.05) is 6.92 Å². The molecule has 1 heterocycles. The zero-order valence-electron chi connectivity index (χ0n) is 10.5. The average Bonchev–Trinajstić information content (AvgIpc) is 2.38. The van der Waals surface area contributed by atoms with Crippen LogP contribution in [-0.2, 0) is 0 Å². The summed E-state index contributed by atoms with van der Waals surface area (Å²) in [4.78, 5) is 14.0. The van der Waals surface area contributed by atoms with Crippen molar-refractivity contribution in [2.45, 2.75) is 38.6 Å². The molecule has 1 aliphatic rings. The van der Waals surface area contributed by atoms with Crippen molar-refractivity contribution in [1.29, 1.82) is 0 Å². The smallest absolute Gasteiger partial charge is 0.257 e. The van der Waals surface area contributed by atoms with Crippen LogP contribution in [0.2, 0.25) is 0 Å². The van der Waals surface area contributed by atoms with Gasteiger partial charge in [0.2, 0.25) is 0 Å². The first-order chi connectivity index (χ1) is 8.63. The van der Waals surface area contributed by atoms with E-state index in [1.54, 1.807) is 4.90 Å². The van der Waals surface area contributed by atoms with Crippen LogP contribution in [0.4, 0.5) is 8.78 Å². The molecule has 1 unspecified atom stereocenters. The summed E-state index contributed by atoms with van der Waals surface area (Å²) in [7, 11) is 0. The van der Waals surface area contributed by atoms with Gasteiger partial charge in [0.05, 0.1) is 5.56 Å². The summed E-state index contributed by atoms with van der Waals surface area (Å²) in [6.45, 7) is 2.69. The van der Waals surface area contributed by atoms with Crippen molar-refractivity contribution < 1.29 is 13.6 Å². The zero-order valence-corrected chi connectivity index (χ0v) is 10.5. The molecule has 0 aliphatic carbocycles. The Morgan fingerprint density at radius 1 is 1.39 bits per heavy atom. The maximum Gasteiger partial charge on any atom is 0.257 e. The lowest BCUT2D eigenvalue weighted by Crippen LogP contribution is -2.43. The molecule has 0 spiro atoms. The Morgan fingerprint density at radius 2 is 2.17 bits per heavy atom. The van der Waals surface area contributed by atoms with Gasteiger partial charge in [0.1, 0.15) is 11.6 Å². The predicted molar refractivity (Wildman–Crippen MR) is 65.3 cm³/mol. The molecule has 1 fully saturated rings. The maximum atomic E-state index is 13.6. The largest absolute Gasteiger partial charge is 0.336 e. The molecule has 1 atom stereocenters. The maximum absolute atomic E-state index is 13.6. The molecule has 0 N–H and O–H groups in total. The molecule has 1 amide bonds. The molecule has 4 heteroatoms. The van der Waals surface area contributed by atoms with E-state index in [0.29, 0.717) is 6.54 Å². The minimum absolute atomic E-state index is 0.0308. The van der Waals surface area contributed by atoms with Gasteiger partial charge in [-0.2, -0.15) is 0 Å². The van der Waals surface area contributed by atoms with Gasteiger partial charge in [-0.05, 0) is 37.8 Å². The number of hydrogen-bond donors (Lipinski definition) is 0. The van der Waals surface area contributed by atoms with E-state index in [-0.39, 0.29) is 17.5 Å². The highest BCUT2D eigenvalue weighted by Gasteiger charge is 2.27. The van der Waals surface area contributed by atoms with Crippen molar-refractivity contribution in [2.24, 2.45) is 0 Å². The Labute approximate surface area is 106 Å². The molecule has 1 aromatic carbocycles. The Kier molecular flexibility index (Phi) is 3.94. The zero-order chi connectivity index (χ0) is 13.1. The second-order valence-corrected chi connectivity index (χ2v) is 4.68. The molecule has 18 heavy (non-hydrogen) atoms. The fourth-order valence-electron chi connectivity index (χ4n) is 2.51. The van der Waals surface area contributed by atoms with Crippen LogP contribution in [0.1, 0.15) is 43.0 Å². The van der Waals surface area contributed by atoms with E-state index < -0.39 is 11.6 Å². The third-order valence-electron chi connectivity index (χ3n) is 3.52. The van der Waals surface area contributed by atoms with E-state index in [4.69, 9.17) is 0 Å². The summed E-state index contributed by atoms with van der Waals surface area (Å²) < 4.78 is 26.4. The standard InChI is InChI=1S/C14H17F2NO/c1-2-11-5-3-4-8-17(11)14(18)12-7-6-10(15)9-13(12)16/h6-7,9,11H,2-5,8H2,1H3. The lowest BCUT2D eigenvalue weighted by atomic mass is 9.99. The number of rotatable bonds is 2. The van der Waals surface area contributed by atoms with E-state index in [2.05, 4.69) is 0 Å². The van der Waals surface area contributed by atoms with Crippen molar-refractivity contribution in [3.05, 3.63) is 35.4 Å². The third kappa shape index (κ3) is 2.52. The van der Waals surface area contributed by atoms with Gasteiger partial charge in [0.25, 0.3) is 5.91 Å². The Balaban J connectivity index is 2.24. The molecule has 0 aromatic heterocycles. The van der Waals surface area contributed by atoms with Crippen molar-refractivity contribution in [3.8, 4) is 0 Å². The van der Waals surface area contributed by atoms with Crippen LogP contribution in [0.25, 0.3) is 0 Å². The number of amides is 1. The summed E-state index contributed by atoms with van der Waals surface area (Å²) in [5, 5.41) is 0. The number of carbonyl (C=O) groups is 1. The molecule has 2 rings (SSSR count). The summed E-state index contributed by atoms with van der Waals surface area (Å²) in [5.41, 5.74) is -0.0308. The first-order valence-electron chi connectivity index (χ1n) is 6.39. The van der Waals surface area contributed by atoms with Gasteiger partial charge in [-0.15, -0.1) is 0 Å². The van der Waals surface area contributed by atoms with Crippen LogP contribution in [0.5, 0.6) is 0 Å². The van der Waals surface area contributed by atoms with Crippen molar-refractivity contribution >= 4 is 5.91 Å². The van der Waals surface area contributed by atoms with Crippen LogP contribution in [0.3, 0.4) is 0 Å². The molecule has 98 valence electrons. The van der Waals surface area contributed by atoms with Gasteiger partial charge in [-0.25, -0.2) is 8.78 Å². The topological polar surface area (TPSA) is 20.3 Å². The first kappa shape index (κ1) is 13.0. The lowest BCUT2D eigenvalue weighted by molar-refractivity contribution is 0.0603. The van der Waals surface area contributed by atoms with Gasteiger partial charge >= 0.3 is 0 Å². The minimum Gasteiger partial charge on any atom is -0.336 e. The van der Waals surface area contributed by atoms with E-state index in [1.807, 2.05) is 6.92 Å². The molecular formula is C14H17F2NO. The predicted octanol–water partition coefficient (Wildman–Crippen LogP) is 3.37. The number of halogens is 2. The van der Waals surface area contributed by atoms with Crippen molar-refractivity contribution in [3.63, 3.8) is 0 Å². The summed E-state index contributed by atoms with van der Waals surface area (Å²) in [5.74, 6) is -1.76. The molecule has 1 aliphatic heterocycles. The monoisotopic (exact) mass is 253 g/mol. The van der Waals surface area contributed by atoms with Crippen LogP contribution in [0.15, 0.2) is 18.2 Å². The molecule has 0 bridgehead atoms. The quantitative estimate of drug-likeness (QED) is 0.791. The minimum atomic E-state index is -0.777. The van der Waals surface area contributed by atoms with Crippen molar-refractivity contribution in [1.82, 2.24) is 4.90 Å².